The van der Waals surface area contributed by atoms with Gasteiger partial charge in [0.15, 0.2) is 5.78 Å². The third kappa shape index (κ3) is 4.91. The lowest BCUT2D eigenvalue weighted by molar-refractivity contribution is -0.397. The van der Waals surface area contributed by atoms with Crippen molar-refractivity contribution >= 4 is 27.3 Å². The van der Waals surface area contributed by atoms with Gasteiger partial charge in [0, 0.05) is 24.3 Å². The normalized spacial score (nSPS) is 14.4. The quantitative estimate of drug-likeness (QED) is 0.215. The van der Waals surface area contributed by atoms with E-state index in [-0.39, 0.29) is 10.6 Å². The first kappa shape index (κ1) is 26.0. The summed E-state index contributed by atoms with van der Waals surface area (Å²) < 4.78 is 121. The molecule has 0 fully saturated rings. The summed E-state index contributed by atoms with van der Waals surface area (Å²) in [6.07, 6.45) is -9.92. The Labute approximate surface area is 191 Å². The number of nitrogens with zero attached hydrogens (tertiary/aromatic N) is 1. The highest BCUT2D eigenvalue weighted by molar-refractivity contribution is 7.18. The van der Waals surface area contributed by atoms with Crippen LogP contribution in [0.5, 0.6) is 0 Å². The zero-order valence-corrected chi connectivity index (χ0v) is 17.9. The zero-order valence-electron chi connectivity index (χ0n) is 17.1. The van der Waals surface area contributed by atoms with Gasteiger partial charge in [0.2, 0.25) is 0 Å². The molecule has 0 amide bonds. The summed E-state index contributed by atoms with van der Waals surface area (Å²) in [6, 6.07) is 13.7. The van der Waals surface area contributed by atoms with Crippen LogP contribution in [-0.4, -0.2) is 34.7 Å². The lowest BCUT2D eigenvalue weighted by Crippen LogP contribution is -2.61. The van der Waals surface area contributed by atoms with Gasteiger partial charge in [0.25, 0.3) is 0 Å². The van der Waals surface area contributed by atoms with Gasteiger partial charge in [-0.3, -0.25) is 4.79 Å². The minimum absolute atomic E-state index is 0.173. The lowest BCUT2D eigenvalue weighted by Gasteiger charge is -2.35. The fourth-order valence-corrected chi connectivity index (χ4v) is 4.40. The van der Waals surface area contributed by atoms with Crippen molar-refractivity contribution in [2.75, 3.05) is 0 Å². The van der Waals surface area contributed by atoms with Crippen LogP contribution in [0, 0.1) is 0 Å². The van der Waals surface area contributed by atoms with E-state index in [1.807, 2.05) is 0 Å². The number of halogens is 9. The Morgan fingerprint density at radius 1 is 0.824 bits per heavy atom. The monoisotopic (exact) mass is 513 g/mol. The summed E-state index contributed by atoms with van der Waals surface area (Å²) in [4.78, 5) is 16.4. The second-order valence-corrected chi connectivity index (χ2v) is 8.66. The highest BCUT2D eigenvalue weighted by Crippen LogP contribution is 2.55. The van der Waals surface area contributed by atoms with E-state index in [1.165, 1.54) is 30.3 Å². The Balaban J connectivity index is 1.93. The summed E-state index contributed by atoms with van der Waals surface area (Å²) >= 11 is 0.807. The molecule has 0 aliphatic heterocycles. The van der Waals surface area contributed by atoms with Crippen molar-refractivity contribution in [3.8, 4) is 0 Å². The molecular weight excluding hydrogens is 497 g/mol. The molecule has 0 saturated carbocycles. The number of benzene rings is 2. The summed E-state index contributed by atoms with van der Waals surface area (Å²) in [6.45, 7) is 0. The van der Waals surface area contributed by atoms with E-state index in [4.69, 9.17) is 0 Å². The molecule has 3 aromatic rings. The standard InChI is InChI=1S/C22H16F9NOS/c23-19(24,20(25,26)21(27,28)22(29,30)31)12-14(10-11-16(33)13-6-2-1-3-7-13)18-32-15-8-4-5-9-17(15)34-18/h1-9,14H,10-12H2/t14-/m0/s1. The second-order valence-electron chi connectivity index (χ2n) is 7.60. The predicted molar refractivity (Wildman–Crippen MR) is 108 cm³/mol. The fourth-order valence-electron chi connectivity index (χ4n) is 3.30. The van der Waals surface area contributed by atoms with Gasteiger partial charge in [0.05, 0.1) is 15.2 Å². The van der Waals surface area contributed by atoms with Gasteiger partial charge < -0.3 is 0 Å². The average Bonchev–Trinajstić information content (AvgIpc) is 3.20. The number of rotatable bonds is 9. The summed E-state index contributed by atoms with van der Waals surface area (Å²) in [7, 11) is 0. The average molecular weight is 513 g/mol. The van der Waals surface area contributed by atoms with Crippen LogP contribution < -0.4 is 0 Å². The molecule has 0 N–H and O–H groups in total. The molecule has 2 aromatic carbocycles. The molecule has 0 saturated heterocycles. The number of ketones is 1. The van der Waals surface area contributed by atoms with Gasteiger partial charge in [-0.1, -0.05) is 42.5 Å². The number of carbonyl (C=O) groups excluding carboxylic acids is 1. The Morgan fingerprint density at radius 2 is 1.41 bits per heavy atom. The van der Waals surface area contributed by atoms with Gasteiger partial charge >= 0.3 is 23.9 Å². The second kappa shape index (κ2) is 9.20. The van der Waals surface area contributed by atoms with Crippen molar-refractivity contribution in [1.82, 2.24) is 4.98 Å². The topological polar surface area (TPSA) is 30.0 Å². The van der Waals surface area contributed by atoms with E-state index in [0.717, 1.165) is 11.3 Å². The van der Waals surface area contributed by atoms with E-state index in [1.54, 1.807) is 24.3 Å². The minimum atomic E-state index is -6.97. The number of alkyl halides is 9. The molecule has 0 radical (unpaired) electrons. The molecule has 1 heterocycles. The third-order valence-corrected chi connectivity index (χ3v) is 6.39. The molecule has 1 aromatic heterocycles. The van der Waals surface area contributed by atoms with E-state index in [0.29, 0.717) is 10.2 Å². The number of aromatic nitrogens is 1. The molecule has 184 valence electrons. The van der Waals surface area contributed by atoms with Crippen LogP contribution >= 0.6 is 11.3 Å². The summed E-state index contributed by atoms with van der Waals surface area (Å²) in [5.41, 5.74) is 0.504. The number of hydrogen-bond donors (Lipinski definition) is 0. The molecular formula is C22H16F9NOS. The molecule has 2 nitrogen and oxygen atoms in total. The minimum Gasteiger partial charge on any atom is -0.294 e. The van der Waals surface area contributed by atoms with Crippen LogP contribution in [0.3, 0.4) is 0 Å². The predicted octanol–water partition coefficient (Wildman–Crippen LogP) is 7.90. The van der Waals surface area contributed by atoms with Gasteiger partial charge in [0.1, 0.15) is 0 Å². The van der Waals surface area contributed by atoms with Gasteiger partial charge in [-0.15, -0.1) is 11.3 Å². The first-order valence-electron chi connectivity index (χ1n) is 9.81. The van der Waals surface area contributed by atoms with Crippen molar-refractivity contribution in [2.45, 2.75) is 49.1 Å². The molecule has 0 bridgehead atoms. The fraction of sp³-hybridized carbons (Fsp3) is 0.364. The Morgan fingerprint density at radius 3 is 2.00 bits per heavy atom. The Bertz CT molecular complexity index is 1110. The van der Waals surface area contributed by atoms with Gasteiger partial charge in [-0.2, -0.15) is 39.5 Å². The third-order valence-electron chi connectivity index (χ3n) is 5.19. The van der Waals surface area contributed by atoms with Crippen LogP contribution in [0.15, 0.2) is 54.6 Å². The maximum absolute atomic E-state index is 14.4. The zero-order chi connectivity index (χ0) is 25.4. The molecule has 0 spiro atoms. The highest BCUT2D eigenvalue weighted by atomic mass is 32.1. The van der Waals surface area contributed by atoms with Crippen molar-refractivity contribution in [3.05, 3.63) is 65.2 Å². The Kier molecular flexibility index (Phi) is 7.03. The summed E-state index contributed by atoms with van der Waals surface area (Å²) in [5, 5.41) is -0.173. The van der Waals surface area contributed by atoms with Crippen molar-refractivity contribution < 1.29 is 44.3 Å². The number of thiazole rings is 1. The number of Topliss-reactive ketones (excluding diaryl/α,β-unsaturated/α-hetero) is 1. The summed E-state index contributed by atoms with van der Waals surface area (Å²) in [5.74, 6) is -21.7. The first-order valence-corrected chi connectivity index (χ1v) is 10.6. The largest absolute Gasteiger partial charge is 0.460 e. The number of carbonyl (C=O) groups is 1. The van der Waals surface area contributed by atoms with E-state index >= 15 is 0 Å². The Hall–Kier alpha value is -2.63. The molecule has 0 unspecified atom stereocenters. The smallest absolute Gasteiger partial charge is 0.294 e. The van der Waals surface area contributed by atoms with Crippen LogP contribution in [0.1, 0.15) is 40.5 Å². The maximum atomic E-state index is 14.4. The van der Waals surface area contributed by atoms with E-state index in [2.05, 4.69) is 4.98 Å². The molecule has 34 heavy (non-hydrogen) atoms. The van der Waals surface area contributed by atoms with Crippen molar-refractivity contribution in [3.63, 3.8) is 0 Å². The van der Waals surface area contributed by atoms with Crippen molar-refractivity contribution in [1.29, 1.82) is 0 Å². The van der Waals surface area contributed by atoms with E-state index < -0.39 is 54.9 Å². The number of para-hydroxylation sites is 1. The number of hydrogen-bond acceptors (Lipinski definition) is 3. The molecule has 1 atom stereocenters. The van der Waals surface area contributed by atoms with Crippen LogP contribution in [0.4, 0.5) is 39.5 Å². The van der Waals surface area contributed by atoms with Crippen LogP contribution in [-0.2, 0) is 0 Å². The molecule has 3 rings (SSSR count). The number of fused-ring (bicyclic) bond motifs is 1. The lowest BCUT2D eigenvalue weighted by atomic mass is 9.89. The van der Waals surface area contributed by atoms with Crippen molar-refractivity contribution in [2.24, 2.45) is 0 Å². The molecule has 0 aliphatic rings. The van der Waals surface area contributed by atoms with E-state index in [9.17, 15) is 44.3 Å². The molecule has 12 heteroatoms. The van der Waals surface area contributed by atoms with Gasteiger partial charge in [-0.25, -0.2) is 4.98 Å². The molecule has 0 aliphatic carbocycles. The maximum Gasteiger partial charge on any atom is 0.460 e. The van der Waals surface area contributed by atoms with Crippen LogP contribution in [0.25, 0.3) is 10.2 Å². The van der Waals surface area contributed by atoms with Crippen LogP contribution in [0.2, 0.25) is 0 Å². The SMILES string of the molecule is O=C(CC[C@@H](CC(F)(F)C(F)(F)C(F)(F)C(F)(F)F)c1nc2ccccc2s1)c1ccccc1. The van der Waals surface area contributed by atoms with Gasteiger partial charge in [-0.05, 0) is 18.6 Å². The highest BCUT2D eigenvalue weighted by Gasteiger charge is 2.81. The first-order chi connectivity index (χ1) is 15.7.